The van der Waals surface area contributed by atoms with Gasteiger partial charge in [-0.1, -0.05) is 24.8 Å². The molecule has 2 aromatic heterocycles. The number of carbonyl (C=O) groups excluding carboxylic acids is 1. The predicted octanol–water partition coefficient (Wildman–Crippen LogP) is 3.93. The van der Waals surface area contributed by atoms with Crippen molar-refractivity contribution in [1.82, 2.24) is 19.7 Å². The predicted molar refractivity (Wildman–Crippen MR) is 118 cm³/mol. The van der Waals surface area contributed by atoms with Crippen molar-refractivity contribution in [1.29, 1.82) is 0 Å². The minimum atomic E-state index is -0.0692. The Morgan fingerprint density at radius 1 is 1.23 bits per heavy atom. The largest absolute Gasteiger partial charge is 0.490 e. The van der Waals surface area contributed by atoms with Gasteiger partial charge in [-0.2, -0.15) is 9.78 Å². The third-order valence-electron chi connectivity index (χ3n) is 4.72. The second-order valence-electron chi connectivity index (χ2n) is 7.12. The smallest absolute Gasteiger partial charge is 0.252 e. The first-order valence-electron chi connectivity index (χ1n) is 9.63. The average Bonchev–Trinajstić information content (AvgIpc) is 2.92. The molecule has 4 rings (SSSR count). The first-order chi connectivity index (χ1) is 14.5. The molecular weight excluding hydrogens is 398 g/mol. The molecule has 0 fully saturated rings. The van der Waals surface area contributed by atoms with E-state index < -0.39 is 0 Å². The number of benzene rings is 1. The molecule has 1 aromatic carbocycles. The van der Waals surface area contributed by atoms with Gasteiger partial charge < -0.3 is 10.1 Å². The van der Waals surface area contributed by atoms with Gasteiger partial charge in [-0.25, -0.2) is 9.97 Å². The number of aromatic nitrogens is 4. The fourth-order valence-electron chi connectivity index (χ4n) is 3.49. The van der Waals surface area contributed by atoms with Crippen LogP contribution in [0.1, 0.15) is 33.5 Å². The lowest BCUT2D eigenvalue weighted by atomic mass is 10.0. The van der Waals surface area contributed by atoms with E-state index in [2.05, 4.69) is 27.0 Å². The summed E-state index contributed by atoms with van der Waals surface area (Å²) < 4.78 is 7.23. The van der Waals surface area contributed by atoms with Crippen LogP contribution in [0.2, 0.25) is 0 Å². The Hall–Kier alpha value is -3.13. The minimum Gasteiger partial charge on any atom is -0.490 e. The van der Waals surface area contributed by atoms with Crippen molar-refractivity contribution < 1.29 is 9.53 Å². The number of hydrogen-bond donors (Lipinski definition) is 1. The van der Waals surface area contributed by atoms with Gasteiger partial charge >= 0.3 is 0 Å². The number of ether oxygens (including phenoxy) is 1. The number of amides is 1. The van der Waals surface area contributed by atoms with Crippen LogP contribution in [0.4, 0.5) is 5.82 Å². The second kappa shape index (κ2) is 8.31. The summed E-state index contributed by atoms with van der Waals surface area (Å²) in [5, 5.41) is 7.65. The molecule has 1 atom stereocenters. The molecular formula is C22H23N5O2S. The number of hydrogen-bond acceptors (Lipinski definition) is 6. The Kier molecular flexibility index (Phi) is 5.59. The quantitative estimate of drug-likeness (QED) is 0.629. The number of carbonyl (C=O) groups is 1. The maximum absolute atomic E-state index is 12.5. The number of thioether (sulfide) groups is 1. The number of nitrogens with one attached hydrogen (secondary N) is 1. The molecule has 1 aliphatic heterocycles. The topological polar surface area (TPSA) is 81.9 Å². The third kappa shape index (κ3) is 3.95. The molecule has 3 aromatic rings. The molecule has 3 heterocycles. The highest BCUT2D eigenvalue weighted by atomic mass is 32.2. The van der Waals surface area contributed by atoms with Gasteiger partial charge in [0.15, 0.2) is 0 Å². The Morgan fingerprint density at radius 3 is 2.60 bits per heavy atom. The van der Waals surface area contributed by atoms with Crippen LogP contribution >= 0.6 is 11.8 Å². The lowest BCUT2D eigenvalue weighted by molar-refractivity contribution is -0.113. The highest BCUT2D eigenvalue weighted by molar-refractivity contribution is 8.00. The zero-order valence-electron chi connectivity index (χ0n) is 17.2. The minimum absolute atomic E-state index is 0.0490. The maximum atomic E-state index is 12.5. The molecule has 0 saturated heterocycles. The molecule has 0 radical (unpaired) electrons. The Bertz CT molecular complexity index is 1090. The molecule has 154 valence electrons. The zero-order chi connectivity index (χ0) is 21.3. The van der Waals surface area contributed by atoms with Crippen molar-refractivity contribution >= 4 is 23.5 Å². The summed E-state index contributed by atoms with van der Waals surface area (Å²) in [5.41, 5.74) is 4.57. The van der Waals surface area contributed by atoms with Gasteiger partial charge in [0, 0.05) is 17.0 Å². The molecule has 0 saturated carbocycles. The van der Waals surface area contributed by atoms with E-state index >= 15 is 0 Å². The van der Waals surface area contributed by atoms with Crippen LogP contribution in [-0.2, 0) is 4.79 Å². The number of anilines is 1. The normalized spacial score (nSPS) is 15.8. The van der Waals surface area contributed by atoms with Gasteiger partial charge in [0.2, 0.25) is 5.91 Å². The van der Waals surface area contributed by atoms with Crippen LogP contribution in [0.15, 0.2) is 43.0 Å². The van der Waals surface area contributed by atoms with Crippen LogP contribution in [0.25, 0.3) is 5.95 Å². The second-order valence-corrected chi connectivity index (χ2v) is 8.21. The van der Waals surface area contributed by atoms with Crippen molar-refractivity contribution in [3.05, 3.63) is 71.2 Å². The van der Waals surface area contributed by atoms with E-state index in [1.54, 1.807) is 22.5 Å². The van der Waals surface area contributed by atoms with E-state index in [0.717, 1.165) is 34.0 Å². The monoisotopic (exact) mass is 421 g/mol. The van der Waals surface area contributed by atoms with Gasteiger partial charge in [-0.05, 0) is 44.5 Å². The van der Waals surface area contributed by atoms with E-state index in [1.807, 2.05) is 51.1 Å². The van der Waals surface area contributed by atoms with E-state index in [-0.39, 0.29) is 11.2 Å². The van der Waals surface area contributed by atoms with Crippen LogP contribution in [0, 0.1) is 20.8 Å². The summed E-state index contributed by atoms with van der Waals surface area (Å²) in [7, 11) is 0. The van der Waals surface area contributed by atoms with Crippen LogP contribution in [-0.4, -0.2) is 38.0 Å². The first kappa shape index (κ1) is 20.2. The van der Waals surface area contributed by atoms with Crippen molar-refractivity contribution in [2.24, 2.45) is 0 Å². The highest BCUT2D eigenvalue weighted by Crippen LogP contribution is 2.43. The van der Waals surface area contributed by atoms with Crippen molar-refractivity contribution in [3.63, 3.8) is 0 Å². The molecule has 1 aliphatic rings. The molecule has 1 N–H and O–H groups in total. The fourth-order valence-corrected chi connectivity index (χ4v) is 4.68. The third-order valence-corrected chi connectivity index (χ3v) is 5.99. The summed E-state index contributed by atoms with van der Waals surface area (Å²) in [5.74, 6) is 2.14. The molecule has 7 nitrogen and oxygen atoms in total. The number of fused-ring (bicyclic) bond motifs is 1. The average molecular weight is 422 g/mol. The number of nitrogens with zero attached hydrogens (tertiary/aromatic N) is 4. The fraction of sp³-hybridized carbons (Fsp3) is 0.273. The molecule has 0 bridgehead atoms. The lowest BCUT2D eigenvalue weighted by Gasteiger charge is -2.16. The van der Waals surface area contributed by atoms with Crippen molar-refractivity contribution in [2.45, 2.75) is 26.0 Å². The number of rotatable bonds is 5. The molecule has 30 heavy (non-hydrogen) atoms. The SMILES string of the molecule is C=CCOc1ccc([C@H]2SCC(=O)Nc3c2c(C)nn3-c2nc(C)cc(C)n2)cc1. The van der Waals surface area contributed by atoms with E-state index in [0.29, 0.717) is 24.1 Å². The van der Waals surface area contributed by atoms with Gasteiger partial charge in [0.05, 0.1) is 16.7 Å². The van der Waals surface area contributed by atoms with E-state index in [4.69, 9.17) is 4.74 Å². The molecule has 0 aliphatic carbocycles. The lowest BCUT2D eigenvalue weighted by Crippen LogP contribution is -2.17. The molecule has 0 unspecified atom stereocenters. The van der Waals surface area contributed by atoms with Gasteiger partial charge in [0.1, 0.15) is 18.2 Å². The van der Waals surface area contributed by atoms with Crippen LogP contribution in [0.5, 0.6) is 5.75 Å². The summed E-state index contributed by atoms with van der Waals surface area (Å²) in [6.07, 6.45) is 1.71. The van der Waals surface area contributed by atoms with Gasteiger partial charge in [-0.3, -0.25) is 4.79 Å². The Balaban J connectivity index is 1.79. The summed E-state index contributed by atoms with van der Waals surface area (Å²) in [6, 6.07) is 9.84. The molecule has 0 spiro atoms. The summed E-state index contributed by atoms with van der Waals surface area (Å²) >= 11 is 1.58. The van der Waals surface area contributed by atoms with Crippen molar-refractivity contribution in [3.8, 4) is 11.7 Å². The van der Waals surface area contributed by atoms with Crippen LogP contribution < -0.4 is 10.1 Å². The van der Waals surface area contributed by atoms with Crippen LogP contribution in [0.3, 0.4) is 0 Å². The Morgan fingerprint density at radius 2 is 1.93 bits per heavy atom. The van der Waals surface area contributed by atoms with Gasteiger partial charge in [0.25, 0.3) is 5.95 Å². The summed E-state index contributed by atoms with van der Waals surface area (Å²) in [4.78, 5) is 21.5. The van der Waals surface area contributed by atoms with E-state index in [9.17, 15) is 4.79 Å². The molecule has 1 amide bonds. The zero-order valence-corrected chi connectivity index (χ0v) is 18.0. The Labute approximate surface area is 179 Å². The standard InChI is InChI=1S/C22H23N5O2S/c1-5-10-29-17-8-6-16(7-9-17)20-19-15(4)26-27(21(19)25-18(28)12-30-20)22-23-13(2)11-14(3)24-22/h5-9,11,20H,1,10,12H2,2-4H3,(H,25,28)/t20-/m1/s1. The van der Waals surface area contributed by atoms with Crippen molar-refractivity contribution in [2.75, 3.05) is 17.7 Å². The highest BCUT2D eigenvalue weighted by Gasteiger charge is 2.31. The number of aryl methyl sites for hydroxylation is 3. The summed E-state index contributed by atoms with van der Waals surface area (Å²) in [6.45, 7) is 9.91. The maximum Gasteiger partial charge on any atom is 0.252 e. The first-order valence-corrected chi connectivity index (χ1v) is 10.7. The molecule has 8 heteroatoms. The van der Waals surface area contributed by atoms with Gasteiger partial charge in [-0.15, -0.1) is 11.8 Å². The van der Waals surface area contributed by atoms with E-state index in [1.165, 1.54) is 0 Å².